The number of carbonyl (C=O) groups excluding carboxylic acids is 1. The minimum absolute atomic E-state index is 0.0648. The van der Waals surface area contributed by atoms with Crippen LogP contribution in [0.5, 0.6) is 0 Å². The van der Waals surface area contributed by atoms with Crippen LogP contribution in [0.1, 0.15) is 19.6 Å². The summed E-state index contributed by atoms with van der Waals surface area (Å²) in [6.07, 6.45) is 0. The van der Waals surface area contributed by atoms with Crippen LogP contribution in [0, 0.1) is 11.8 Å². The van der Waals surface area contributed by atoms with E-state index in [2.05, 4.69) is 15.9 Å². The summed E-state index contributed by atoms with van der Waals surface area (Å²) in [6.45, 7) is 4.86. The van der Waals surface area contributed by atoms with Crippen LogP contribution in [0.2, 0.25) is 0 Å². The fourth-order valence-corrected chi connectivity index (χ4v) is 2.03. The van der Waals surface area contributed by atoms with Crippen molar-refractivity contribution in [2.45, 2.75) is 20.4 Å². The molecule has 1 amide bonds. The molecule has 1 aromatic rings. The van der Waals surface area contributed by atoms with Crippen molar-refractivity contribution >= 4 is 21.8 Å². The van der Waals surface area contributed by atoms with Crippen molar-refractivity contribution in [3.8, 4) is 0 Å². The second-order valence-electron chi connectivity index (χ2n) is 4.49. The molecule has 96 valence electrons. The molecule has 0 radical (unpaired) electrons. The largest absolute Gasteiger partial charge is 0.452 e. The Balaban J connectivity index is 2.63. The lowest BCUT2D eigenvalue weighted by Crippen LogP contribution is -2.38. The van der Waals surface area contributed by atoms with Gasteiger partial charge in [0.15, 0.2) is 4.67 Å². The lowest BCUT2D eigenvalue weighted by atomic mass is 9.94. The lowest BCUT2D eigenvalue weighted by molar-refractivity contribution is -0.136. The first-order valence-electron chi connectivity index (χ1n) is 5.65. The van der Waals surface area contributed by atoms with Crippen molar-refractivity contribution in [3.63, 3.8) is 0 Å². The minimum atomic E-state index is -0.126. The molecule has 1 unspecified atom stereocenters. The van der Waals surface area contributed by atoms with Crippen LogP contribution in [0.25, 0.3) is 0 Å². The number of amides is 1. The first-order valence-corrected chi connectivity index (χ1v) is 6.44. The summed E-state index contributed by atoms with van der Waals surface area (Å²) in [6, 6.07) is 3.66. The summed E-state index contributed by atoms with van der Waals surface area (Å²) in [5.74, 6) is 0.943. The van der Waals surface area contributed by atoms with Crippen LogP contribution >= 0.6 is 15.9 Å². The smallest absolute Gasteiger partial charge is 0.227 e. The van der Waals surface area contributed by atoms with Gasteiger partial charge in [0.25, 0.3) is 0 Å². The van der Waals surface area contributed by atoms with Crippen LogP contribution in [0.3, 0.4) is 0 Å². The average molecular weight is 303 g/mol. The molecule has 2 N–H and O–H groups in total. The average Bonchev–Trinajstić information content (AvgIpc) is 2.64. The maximum atomic E-state index is 12.1. The van der Waals surface area contributed by atoms with E-state index in [-0.39, 0.29) is 17.7 Å². The molecule has 0 aliphatic carbocycles. The van der Waals surface area contributed by atoms with Gasteiger partial charge in [0.1, 0.15) is 5.76 Å². The van der Waals surface area contributed by atoms with Crippen LogP contribution in [-0.2, 0) is 11.3 Å². The maximum Gasteiger partial charge on any atom is 0.227 e. The van der Waals surface area contributed by atoms with Crippen molar-refractivity contribution < 1.29 is 9.21 Å². The SMILES string of the molecule is CC(C)C(CN)C(=O)N(C)Cc1ccc(Br)o1. The van der Waals surface area contributed by atoms with E-state index in [0.717, 1.165) is 5.76 Å². The Hall–Kier alpha value is -0.810. The monoisotopic (exact) mass is 302 g/mol. The van der Waals surface area contributed by atoms with Gasteiger partial charge in [-0.3, -0.25) is 4.79 Å². The van der Waals surface area contributed by atoms with Gasteiger partial charge in [-0.05, 0) is 34.0 Å². The Morgan fingerprint density at radius 2 is 2.18 bits per heavy atom. The van der Waals surface area contributed by atoms with Gasteiger partial charge in [0, 0.05) is 13.6 Å². The molecule has 1 aromatic heterocycles. The summed E-state index contributed by atoms with van der Waals surface area (Å²) < 4.78 is 6.04. The van der Waals surface area contributed by atoms with Gasteiger partial charge in [-0.25, -0.2) is 0 Å². The highest BCUT2D eigenvalue weighted by Crippen LogP contribution is 2.17. The highest BCUT2D eigenvalue weighted by atomic mass is 79.9. The van der Waals surface area contributed by atoms with E-state index in [1.165, 1.54) is 0 Å². The molecule has 1 rings (SSSR count). The van der Waals surface area contributed by atoms with Crippen LogP contribution in [0.4, 0.5) is 0 Å². The second kappa shape index (κ2) is 6.21. The Kier molecular flexibility index (Phi) is 5.21. The Bertz CT molecular complexity index is 376. The zero-order chi connectivity index (χ0) is 13.0. The van der Waals surface area contributed by atoms with Crippen molar-refractivity contribution in [3.05, 3.63) is 22.6 Å². The third-order valence-corrected chi connectivity index (χ3v) is 3.20. The van der Waals surface area contributed by atoms with E-state index in [9.17, 15) is 4.79 Å². The molecule has 0 bridgehead atoms. The van der Waals surface area contributed by atoms with Crippen molar-refractivity contribution in [1.82, 2.24) is 4.90 Å². The van der Waals surface area contributed by atoms with Crippen LogP contribution < -0.4 is 5.73 Å². The number of hydrogen-bond acceptors (Lipinski definition) is 3. The van der Waals surface area contributed by atoms with E-state index in [4.69, 9.17) is 10.2 Å². The molecule has 0 aliphatic rings. The molecule has 0 saturated carbocycles. The van der Waals surface area contributed by atoms with E-state index >= 15 is 0 Å². The third kappa shape index (κ3) is 3.85. The lowest BCUT2D eigenvalue weighted by Gasteiger charge is -2.24. The van der Waals surface area contributed by atoms with Gasteiger partial charge in [-0.2, -0.15) is 0 Å². The molecule has 0 aliphatic heterocycles. The number of furan rings is 1. The van der Waals surface area contributed by atoms with Crippen molar-refractivity contribution in [1.29, 1.82) is 0 Å². The molecule has 0 fully saturated rings. The zero-order valence-corrected chi connectivity index (χ0v) is 12.0. The highest BCUT2D eigenvalue weighted by molar-refractivity contribution is 9.10. The topological polar surface area (TPSA) is 59.5 Å². The first kappa shape index (κ1) is 14.3. The van der Waals surface area contributed by atoms with Gasteiger partial charge in [-0.1, -0.05) is 13.8 Å². The molecule has 1 heterocycles. The van der Waals surface area contributed by atoms with Gasteiger partial charge in [0.2, 0.25) is 5.91 Å². The number of hydrogen-bond donors (Lipinski definition) is 1. The molecule has 4 nitrogen and oxygen atoms in total. The number of nitrogens with two attached hydrogens (primary N) is 1. The quantitative estimate of drug-likeness (QED) is 0.907. The molecule has 0 saturated heterocycles. The number of rotatable bonds is 5. The fraction of sp³-hybridized carbons (Fsp3) is 0.583. The summed E-state index contributed by atoms with van der Waals surface area (Å²) in [5, 5.41) is 0. The molecular weight excluding hydrogens is 284 g/mol. The predicted molar refractivity (Wildman–Crippen MR) is 70.3 cm³/mol. The predicted octanol–water partition coefficient (Wildman–Crippen LogP) is 2.23. The number of nitrogens with zero attached hydrogens (tertiary/aromatic N) is 1. The van der Waals surface area contributed by atoms with E-state index < -0.39 is 0 Å². The van der Waals surface area contributed by atoms with Gasteiger partial charge in [-0.15, -0.1) is 0 Å². The van der Waals surface area contributed by atoms with Crippen molar-refractivity contribution in [2.24, 2.45) is 17.6 Å². The second-order valence-corrected chi connectivity index (χ2v) is 5.27. The maximum absolute atomic E-state index is 12.1. The van der Waals surface area contributed by atoms with Gasteiger partial charge in [0.05, 0.1) is 12.5 Å². The third-order valence-electron chi connectivity index (χ3n) is 2.77. The van der Waals surface area contributed by atoms with E-state index in [0.29, 0.717) is 17.8 Å². The normalized spacial score (nSPS) is 12.8. The molecule has 1 atom stereocenters. The minimum Gasteiger partial charge on any atom is -0.452 e. The number of carbonyl (C=O) groups is 1. The Morgan fingerprint density at radius 1 is 1.53 bits per heavy atom. The molecule has 0 spiro atoms. The van der Waals surface area contributed by atoms with Gasteiger partial charge < -0.3 is 15.1 Å². The first-order chi connectivity index (χ1) is 7.95. The summed E-state index contributed by atoms with van der Waals surface area (Å²) in [7, 11) is 1.77. The Morgan fingerprint density at radius 3 is 2.59 bits per heavy atom. The molecular formula is C12H19BrN2O2. The summed E-state index contributed by atoms with van der Waals surface area (Å²) in [4.78, 5) is 13.8. The number of halogens is 1. The standard InChI is InChI=1S/C12H19BrN2O2/c1-8(2)10(6-14)12(16)15(3)7-9-4-5-11(13)17-9/h4-5,8,10H,6-7,14H2,1-3H3. The van der Waals surface area contributed by atoms with Gasteiger partial charge >= 0.3 is 0 Å². The highest BCUT2D eigenvalue weighted by Gasteiger charge is 2.24. The van der Waals surface area contributed by atoms with E-state index in [1.807, 2.05) is 26.0 Å². The van der Waals surface area contributed by atoms with Crippen LogP contribution in [-0.4, -0.2) is 24.4 Å². The zero-order valence-electron chi connectivity index (χ0n) is 10.4. The van der Waals surface area contributed by atoms with E-state index in [1.54, 1.807) is 11.9 Å². The summed E-state index contributed by atoms with van der Waals surface area (Å²) >= 11 is 3.23. The molecule has 0 aromatic carbocycles. The van der Waals surface area contributed by atoms with Crippen molar-refractivity contribution in [2.75, 3.05) is 13.6 Å². The van der Waals surface area contributed by atoms with Crippen LogP contribution in [0.15, 0.2) is 21.2 Å². The Labute approximate surface area is 110 Å². The molecule has 5 heteroatoms. The fourth-order valence-electron chi connectivity index (χ4n) is 1.69. The summed E-state index contributed by atoms with van der Waals surface area (Å²) in [5.41, 5.74) is 5.63. The molecule has 17 heavy (non-hydrogen) atoms.